The van der Waals surface area contributed by atoms with Crippen molar-refractivity contribution in [1.82, 2.24) is 5.32 Å². The van der Waals surface area contributed by atoms with E-state index < -0.39 is 35.7 Å². The van der Waals surface area contributed by atoms with Crippen molar-refractivity contribution in [2.75, 3.05) is 6.54 Å². The second-order valence-electron chi connectivity index (χ2n) is 6.25. The average molecular weight is 342 g/mol. The van der Waals surface area contributed by atoms with Crippen molar-refractivity contribution in [2.24, 2.45) is 11.7 Å². The first kappa shape index (κ1) is 16.9. The molecule has 2 aliphatic rings. The Kier molecular flexibility index (Phi) is 4.13. The fourth-order valence-electron chi connectivity index (χ4n) is 3.49. The van der Waals surface area contributed by atoms with Crippen LogP contribution in [0.15, 0.2) is 30.3 Å². The largest absolute Gasteiger partial charge is 0.522 e. The van der Waals surface area contributed by atoms with Gasteiger partial charge in [-0.25, -0.2) is 0 Å². The summed E-state index contributed by atoms with van der Waals surface area (Å²) in [5, 5.41) is 2.84. The Labute approximate surface area is 136 Å². The fourth-order valence-corrected chi connectivity index (χ4v) is 3.49. The fraction of sp³-hybridized carbons (Fsp3) is 0.500. The molecule has 3 rings (SSSR count). The van der Waals surface area contributed by atoms with Gasteiger partial charge in [0.05, 0.1) is 17.6 Å². The first-order chi connectivity index (χ1) is 11.2. The molecular weight excluding hydrogens is 325 g/mol. The van der Waals surface area contributed by atoms with Gasteiger partial charge in [0, 0.05) is 12.5 Å². The molecule has 1 aromatic rings. The lowest BCUT2D eigenvalue weighted by molar-refractivity contribution is -0.331. The number of Topliss-reactive ketones (excluding diaryl/α,β-unsaturated/α-hetero) is 1. The molecule has 0 radical (unpaired) electrons. The van der Waals surface area contributed by atoms with Gasteiger partial charge in [0.25, 0.3) is 0 Å². The van der Waals surface area contributed by atoms with Crippen LogP contribution in [0.5, 0.6) is 0 Å². The number of nitrogens with one attached hydrogen (secondary N) is 1. The van der Waals surface area contributed by atoms with E-state index in [-0.39, 0.29) is 25.2 Å². The van der Waals surface area contributed by atoms with Crippen molar-refractivity contribution in [2.45, 2.75) is 36.8 Å². The molecular formula is C16H17F3N2O3. The van der Waals surface area contributed by atoms with Crippen molar-refractivity contribution < 1.29 is 27.5 Å². The Morgan fingerprint density at radius 1 is 1.25 bits per heavy atom. The molecule has 130 valence electrons. The van der Waals surface area contributed by atoms with Gasteiger partial charge in [-0.05, 0) is 18.4 Å². The summed E-state index contributed by atoms with van der Waals surface area (Å²) in [6.45, 7) is 0.222. The van der Waals surface area contributed by atoms with Crippen LogP contribution in [0.25, 0.3) is 0 Å². The summed E-state index contributed by atoms with van der Waals surface area (Å²) in [5.74, 6) is -1.47. The topological polar surface area (TPSA) is 81.4 Å². The summed E-state index contributed by atoms with van der Waals surface area (Å²) in [7, 11) is 0. The number of benzene rings is 1. The standard InChI is InChI=1S/C16H17F3N2O3/c17-16(18,19)24-12-7-15(12,10-4-2-1-3-5-10)13(22)9-6-11(14(20)23)21-8-9/h1-5,9,11-12,21H,6-8H2,(H2,20,23). The quantitative estimate of drug-likeness (QED) is 0.844. The van der Waals surface area contributed by atoms with Gasteiger partial charge in [0.15, 0.2) is 5.78 Å². The van der Waals surface area contributed by atoms with E-state index >= 15 is 0 Å². The third kappa shape index (κ3) is 3.03. The minimum atomic E-state index is -4.80. The zero-order valence-corrected chi connectivity index (χ0v) is 12.7. The molecule has 1 heterocycles. The van der Waals surface area contributed by atoms with E-state index in [1.54, 1.807) is 30.3 Å². The first-order valence-corrected chi connectivity index (χ1v) is 7.61. The predicted octanol–water partition coefficient (Wildman–Crippen LogP) is 1.27. The number of halogens is 3. The Bertz CT molecular complexity index is 650. The molecule has 4 atom stereocenters. The number of amides is 1. The van der Waals surface area contributed by atoms with Crippen LogP contribution in [0.4, 0.5) is 13.2 Å². The molecule has 8 heteroatoms. The van der Waals surface area contributed by atoms with Gasteiger partial charge in [0.2, 0.25) is 5.91 Å². The zero-order chi connectivity index (χ0) is 17.5. The monoisotopic (exact) mass is 342 g/mol. The molecule has 0 aromatic heterocycles. The maximum atomic E-state index is 13.0. The highest BCUT2D eigenvalue weighted by molar-refractivity contribution is 5.97. The van der Waals surface area contributed by atoms with Crippen LogP contribution >= 0.6 is 0 Å². The Hall–Kier alpha value is -1.93. The molecule has 1 aromatic carbocycles. The normalized spacial score (nSPS) is 32.5. The number of hydrogen-bond acceptors (Lipinski definition) is 4. The van der Waals surface area contributed by atoms with E-state index in [1.807, 2.05) is 0 Å². The molecule has 1 saturated heterocycles. The third-order valence-corrected chi connectivity index (χ3v) is 4.75. The Balaban J connectivity index is 1.85. The molecule has 1 aliphatic heterocycles. The van der Waals surface area contributed by atoms with Gasteiger partial charge >= 0.3 is 6.36 Å². The SMILES string of the molecule is NC(=O)C1CC(C(=O)C2(c3ccccc3)CC2OC(F)(F)F)CN1. The van der Waals surface area contributed by atoms with E-state index in [2.05, 4.69) is 10.1 Å². The van der Waals surface area contributed by atoms with E-state index in [0.29, 0.717) is 5.56 Å². The molecule has 1 saturated carbocycles. The van der Waals surface area contributed by atoms with Gasteiger partial charge in [-0.1, -0.05) is 30.3 Å². The summed E-state index contributed by atoms with van der Waals surface area (Å²) < 4.78 is 42.0. The smallest absolute Gasteiger partial charge is 0.368 e. The van der Waals surface area contributed by atoms with Crippen LogP contribution < -0.4 is 11.1 Å². The van der Waals surface area contributed by atoms with Gasteiger partial charge in [-0.15, -0.1) is 13.2 Å². The lowest BCUT2D eigenvalue weighted by Crippen LogP contribution is -2.36. The summed E-state index contributed by atoms with van der Waals surface area (Å²) in [6, 6.07) is 7.70. The molecule has 0 spiro atoms. The van der Waals surface area contributed by atoms with E-state index in [9.17, 15) is 22.8 Å². The minimum Gasteiger partial charge on any atom is -0.368 e. The van der Waals surface area contributed by atoms with Crippen molar-refractivity contribution in [1.29, 1.82) is 0 Å². The van der Waals surface area contributed by atoms with Gasteiger partial charge < -0.3 is 11.1 Å². The molecule has 0 bridgehead atoms. The van der Waals surface area contributed by atoms with Crippen molar-refractivity contribution in [3.63, 3.8) is 0 Å². The third-order valence-electron chi connectivity index (χ3n) is 4.75. The van der Waals surface area contributed by atoms with Crippen LogP contribution in [-0.2, 0) is 19.7 Å². The van der Waals surface area contributed by atoms with Crippen LogP contribution in [0, 0.1) is 5.92 Å². The lowest BCUT2D eigenvalue weighted by atomic mass is 9.83. The zero-order valence-electron chi connectivity index (χ0n) is 12.7. The molecule has 3 N–H and O–H groups in total. The Morgan fingerprint density at radius 3 is 2.46 bits per heavy atom. The molecule has 24 heavy (non-hydrogen) atoms. The van der Waals surface area contributed by atoms with Crippen molar-refractivity contribution in [3.8, 4) is 0 Å². The number of rotatable bonds is 5. The average Bonchev–Trinajstić information content (AvgIpc) is 3.00. The van der Waals surface area contributed by atoms with Crippen LogP contribution in [0.2, 0.25) is 0 Å². The molecule has 1 aliphatic carbocycles. The number of carbonyl (C=O) groups excluding carboxylic acids is 2. The number of hydrogen-bond donors (Lipinski definition) is 2. The second-order valence-corrected chi connectivity index (χ2v) is 6.25. The first-order valence-electron chi connectivity index (χ1n) is 7.61. The molecule has 2 fully saturated rings. The number of nitrogens with two attached hydrogens (primary N) is 1. The van der Waals surface area contributed by atoms with E-state index in [1.165, 1.54) is 0 Å². The van der Waals surface area contributed by atoms with Crippen molar-refractivity contribution >= 4 is 11.7 Å². The number of primary amides is 1. The highest BCUT2D eigenvalue weighted by Crippen LogP contribution is 2.54. The maximum Gasteiger partial charge on any atom is 0.522 e. The van der Waals surface area contributed by atoms with Gasteiger partial charge in [0.1, 0.15) is 0 Å². The van der Waals surface area contributed by atoms with Gasteiger partial charge in [-0.2, -0.15) is 0 Å². The molecule has 1 amide bonds. The second kappa shape index (κ2) is 5.86. The highest BCUT2D eigenvalue weighted by Gasteiger charge is 2.66. The Morgan fingerprint density at radius 2 is 1.92 bits per heavy atom. The number of ketones is 1. The summed E-state index contributed by atoms with van der Waals surface area (Å²) in [6.07, 6.45) is -5.86. The van der Waals surface area contributed by atoms with E-state index in [4.69, 9.17) is 5.73 Å². The minimum absolute atomic E-state index is 0.0207. The van der Waals surface area contributed by atoms with E-state index in [0.717, 1.165) is 0 Å². The van der Waals surface area contributed by atoms with Crippen LogP contribution in [0.3, 0.4) is 0 Å². The molecule has 4 unspecified atom stereocenters. The predicted molar refractivity (Wildman–Crippen MR) is 77.8 cm³/mol. The summed E-state index contributed by atoms with van der Waals surface area (Å²) in [4.78, 5) is 24.2. The highest BCUT2D eigenvalue weighted by atomic mass is 19.4. The maximum absolute atomic E-state index is 13.0. The summed E-state index contributed by atoms with van der Waals surface area (Å²) in [5.41, 5.74) is 4.42. The molecule has 5 nitrogen and oxygen atoms in total. The number of carbonyl (C=O) groups is 2. The lowest BCUT2D eigenvalue weighted by Gasteiger charge is -2.21. The number of alkyl halides is 3. The van der Waals surface area contributed by atoms with Crippen LogP contribution in [0.1, 0.15) is 18.4 Å². The van der Waals surface area contributed by atoms with Gasteiger partial charge in [-0.3, -0.25) is 14.3 Å². The van der Waals surface area contributed by atoms with Crippen LogP contribution in [-0.4, -0.2) is 36.7 Å². The number of ether oxygens (including phenoxy) is 1. The van der Waals surface area contributed by atoms with Crippen molar-refractivity contribution in [3.05, 3.63) is 35.9 Å². The summed E-state index contributed by atoms with van der Waals surface area (Å²) >= 11 is 0.